The van der Waals surface area contributed by atoms with Gasteiger partial charge < -0.3 is 65.1 Å². The van der Waals surface area contributed by atoms with Gasteiger partial charge in [-0.05, 0) is 77.0 Å². The number of unbranched alkanes of at least 4 members (excludes halogenated alkanes) is 18. The van der Waals surface area contributed by atoms with Gasteiger partial charge in [-0.2, -0.15) is 0 Å². The van der Waals surface area contributed by atoms with Crippen molar-refractivity contribution in [3.05, 3.63) is 97.2 Å². The first-order valence-electron chi connectivity index (χ1n) is 30.5. The third-order valence-electron chi connectivity index (χ3n) is 14.3. The molecule has 12 unspecified atom stereocenters. The molecule has 2 aliphatic heterocycles. The van der Waals surface area contributed by atoms with Crippen LogP contribution in [0.2, 0.25) is 0 Å². The highest BCUT2D eigenvalue weighted by molar-refractivity contribution is 5.76. The highest BCUT2D eigenvalue weighted by Gasteiger charge is 2.51. The second-order valence-corrected chi connectivity index (χ2v) is 21.1. The summed E-state index contributed by atoms with van der Waals surface area (Å²) in [7, 11) is 0. The van der Waals surface area contributed by atoms with E-state index in [9.17, 15) is 45.6 Å². The van der Waals surface area contributed by atoms with Crippen LogP contribution in [0, 0.1) is 0 Å². The van der Waals surface area contributed by atoms with Gasteiger partial charge in [0.15, 0.2) is 12.6 Å². The lowest BCUT2D eigenvalue weighted by atomic mass is 9.97. The molecular formula is C64H109NO13. The largest absolute Gasteiger partial charge is 0.394 e. The summed E-state index contributed by atoms with van der Waals surface area (Å²) in [6.45, 7) is 2.62. The van der Waals surface area contributed by atoms with Crippen molar-refractivity contribution < 1.29 is 64.6 Å². The third-order valence-corrected chi connectivity index (χ3v) is 14.3. The highest BCUT2D eigenvalue weighted by Crippen LogP contribution is 2.30. The van der Waals surface area contributed by atoms with Crippen LogP contribution in [0.4, 0.5) is 0 Å². The molecule has 2 saturated heterocycles. The summed E-state index contributed by atoms with van der Waals surface area (Å²) in [5, 5.41) is 86.6. The monoisotopic (exact) mass is 1100 g/mol. The van der Waals surface area contributed by atoms with Crippen molar-refractivity contribution >= 4 is 5.91 Å². The molecule has 0 radical (unpaired) electrons. The van der Waals surface area contributed by atoms with Crippen molar-refractivity contribution in [2.75, 3.05) is 19.8 Å². The van der Waals surface area contributed by atoms with E-state index in [1.54, 1.807) is 0 Å². The Hall–Kier alpha value is -3.09. The van der Waals surface area contributed by atoms with Crippen LogP contribution >= 0.6 is 0 Å². The number of carbonyl (C=O) groups is 1. The summed E-state index contributed by atoms with van der Waals surface area (Å²) < 4.78 is 22.7. The second kappa shape index (κ2) is 48.6. The molecule has 0 aromatic carbocycles. The lowest BCUT2D eigenvalue weighted by Crippen LogP contribution is -2.65. The van der Waals surface area contributed by atoms with E-state index in [1.165, 1.54) is 70.6 Å². The second-order valence-electron chi connectivity index (χ2n) is 21.1. The third kappa shape index (κ3) is 33.6. The van der Waals surface area contributed by atoms with Crippen LogP contribution in [-0.4, -0.2) is 140 Å². The van der Waals surface area contributed by atoms with Crippen LogP contribution in [0.1, 0.15) is 206 Å². The molecule has 2 heterocycles. The Morgan fingerprint density at radius 2 is 0.885 bits per heavy atom. The summed E-state index contributed by atoms with van der Waals surface area (Å²) in [5.41, 5.74) is 0. The summed E-state index contributed by atoms with van der Waals surface area (Å²) >= 11 is 0. The molecule has 14 nitrogen and oxygen atoms in total. The van der Waals surface area contributed by atoms with Gasteiger partial charge in [0.2, 0.25) is 5.91 Å². The van der Waals surface area contributed by atoms with E-state index in [0.717, 1.165) is 109 Å². The zero-order valence-electron chi connectivity index (χ0n) is 48.1. The number of carbonyl (C=O) groups excluding carboxylic acids is 1. The maximum atomic E-state index is 13.1. The van der Waals surface area contributed by atoms with Crippen molar-refractivity contribution in [3.8, 4) is 0 Å². The number of ether oxygens (including phenoxy) is 4. The van der Waals surface area contributed by atoms with Crippen LogP contribution in [0.5, 0.6) is 0 Å². The first-order chi connectivity index (χ1) is 38.1. The van der Waals surface area contributed by atoms with Gasteiger partial charge >= 0.3 is 0 Å². The minimum atomic E-state index is -1.78. The van der Waals surface area contributed by atoms with Crippen LogP contribution in [-0.2, 0) is 23.7 Å². The minimum absolute atomic E-state index is 0.218. The summed E-state index contributed by atoms with van der Waals surface area (Å²) in [6, 6.07) is -0.829. The predicted molar refractivity (Wildman–Crippen MR) is 313 cm³/mol. The molecule has 9 N–H and O–H groups in total. The number of amides is 1. The highest BCUT2D eigenvalue weighted by atomic mass is 16.7. The standard InChI is InChI=1S/C64H109NO13/c1-3-5-7-9-10-11-12-13-14-15-16-17-18-19-20-21-22-23-24-25-26-27-28-29-30-31-32-33-34-35-36-37-38-39-40-41-42-44-46-48-56(69)65-52(53(68)47-45-43-8-6-4-2)51-75-63-61(74)59(72)62(55(50-67)77-63)78-64-60(73)58(71)57(70)54(49-66)76-64/h5,7,10-11,13-14,16-17,19-20,22-23,25-26,28-29,52-55,57-64,66-68,70-74H,3-4,6,8-9,12,15,18,21,24,27,30-51H2,1-2H3,(H,65,69)/b7-5-,11-10-,14-13-,17-16-,20-19-,23-22-,26-25-,29-28-. The van der Waals surface area contributed by atoms with E-state index < -0.39 is 86.8 Å². The van der Waals surface area contributed by atoms with Gasteiger partial charge in [0, 0.05) is 6.42 Å². The van der Waals surface area contributed by atoms with E-state index in [-0.39, 0.29) is 12.5 Å². The number of aliphatic hydroxyl groups excluding tert-OH is 8. The Balaban J connectivity index is 1.51. The molecule has 14 heteroatoms. The number of rotatable bonds is 47. The van der Waals surface area contributed by atoms with E-state index >= 15 is 0 Å². The first-order valence-corrected chi connectivity index (χ1v) is 30.5. The van der Waals surface area contributed by atoms with Crippen molar-refractivity contribution in [2.45, 2.75) is 280 Å². The Labute approximate surface area is 471 Å². The van der Waals surface area contributed by atoms with Crippen LogP contribution in [0.3, 0.4) is 0 Å². The lowest BCUT2D eigenvalue weighted by molar-refractivity contribution is -0.359. The Bertz CT molecular complexity index is 1680. The topological polar surface area (TPSA) is 228 Å². The van der Waals surface area contributed by atoms with E-state index in [4.69, 9.17) is 18.9 Å². The summed E-state index contributed by atoms with van der Waals surface area (Å²) in [6.07, 6.45) is 50.7. The normalized spacial score (nSPS) is 25.3. The summed E-state index contributed by atoms with van der Waals surface area (Å²) in [4.78, 5) is 13.1. The molecule has 0 aromatic heterocycles. The van der Waals surface area contributed by atoms with Gasteiger partial charge in [-0.25, -0.2) is 0 Å². The SMILES string of the molecule is CC/C=C\C/C=C\C/C=C\C/C=C\C/C=C\C/C=C\C/C=C\C/C=C\CCCCCCCCCCCCCCCCC(=O)NC(COC1OC(CO)C(OC2OC(CO)C(O)C(O)C2O)C(O)C1O)C(O)CCCCCCC. The van der Waals surface area contributed by atoms with E-state index in [1.807, 2.05) is 0 Å². The van der Waals surface area contributed by atoms with Gasteiger partial charge in [0.1, 0.15) is 48.8 Å². The molecule has 1 amide bonds. The van der Waals surface area contributed by atoms with Gasteiger partial charge in [-0.3, -0.25) is 4.79 Å². The molecule has 2 aliphatic rings. The molecule has 448 valence electrons. The fraction of sp³-hybridized carbons (Fsp3) is 0.734. The molecule has 78 heavy (non-hydrogen) atoms. The van der Waals surface area contributed by atoms with Gasteiger partial charge in [0.25, 0.3) is 0 Å². The quantitative estimate of drug-likeness (QED) is 0.0204. The average Bonchev–Trinajstić information content (AvgIpc) is 3.47. The van der Waals surface area contributed by atoms with Crippen molar-refractivity contribution in [1.29, 1.82) is 0 Å². The van der Waals surface area contributed by atoms with Crippen LogP contribution < -0.4 is 5.32 Å². The molecule has 12 atom stereocenters. The van der Waals surface area contributed by atoms with Gasteiger partial charge in [-0.1, -0.05) is 220 Å². The minimum Gasteiger partial charge on any atom is -0.394 e. The number of aliphatic hydroxyl groups is 8. The number of hydrogen-bond donors (Lipinski definition) is 9. The maximum Gasteiger partial charge on any atom is 0.220 e. The maximum absolute atomic E-state index is 13.1. The fourth-order valence-corrected chi connectivity index (χ4v) is 9.43. The van der Waals surface area contributed by atoms with Crippen LogP contribution in [0.15, 0.2) is 97.2 Å². The van der Waals surface area contributed by atoms with E-state index in [0.29, 0.717) is 12.8 Å². The summed E-state index contributed by atoms with van der Waals surface area (Å²) in [5.74, 6) is -0.218. The predicted octanol–water partition coefficient (Wildman–Crippen LogP) is 10.7. The molecule has 2 rings (SSSR count). The Kier molecular flexibility index (Phi) is 44.3. The number of allylic oxidation sites excluding steroid dienone is 16. The zero-order valence-corrected chi connectivity index (χ0v) is 48.1. The lowest BCUT2D eigenvalue weighted by Gasteiger charge is -2.46. The Morgan fingerprint density at radius 3 is 1.36 bits per heavy atom. The van der Waals surface area contributed by atoms with Gasteiger partial charge in [0.05, 0.1) is 32.0 Å². The molecule has 0 saturated carbocycles. The van der Waals surface area contributed by atoms with Crippen molar-refractivity contribution in [2.24, 2.45) is 0 Å². The smallest absolute Gasteiger partial charge is 0.220 e. The number of hydrogen-bond acceptors (Lipinski definition) is 13. The molecule has 0 bridgehead atoms. The van der Waals surface area contributed by atoms with Crippen molar-refractivity contribution in [3.63, 3.8) is 0 Å². The van der Waals surface area contributed by atoms with Crippen molar-refractivity contribution in [1.82, 2.24) is 5.32 Å². The fourth-order valence-electron chi connectivity index (χ4n) is 9.43. The Morgan fingerprint density at radius 1 is 0.474 bits per heavy atom. The average molecular weight is 1100 g/mol. The molecular weight excluding hydrogens is 991 g/mol. The van der Waals surface area contributed by atoms with E-state index in [2.05, 4.69) is 116 Å². The van der Waals surface area contributed by atoms with Gasteiger partial charge in [-0.15, -0.1) is 0 Å². The van der Waals surface area contributed by atoms with Crippen LogP contribution in [0.25, 0.3) is 0 Å². The molecule has 0 spiro atoms. The zero-order chi connectivity index (χ0) is 56.7. The molecule has 2 fully saturated rings. The number of nitrogens with one attached hydrogen (secondary N) is 1. The first kappa shape index (κ1) is 71.0. The molecule has 0 aromatic rings. The molecule has 0 aliphatic carbocycles.